The van der Waals surface area contributed by atoms with E-state index in [0.717, 1.165) is 5.92 Å². The Hall–Kier alpha value is -0.410. The van der Waals surface area contributed by atoms with Crippen molar-refractivity contribution in [3.05, 3.63) is 16.1 Å². The van der Waals surface area contributed by atoms with Gasteiger partial charge in [-0.3, -0.25) is 0 Å². The van der Waals surface area contributed by atoms with Gasteiger partial charge < -0.3 is 5.32 Å². The summed E-state index contributed by atoms with van der Waals surface area (Å²) in [6.07, 6.45) is 8.82. The van der Waals surface area contributed by atoms with E-state index in [1.165, 1.54) is 42.0 Å². The van der Waals surface area contributed by atoms with Crippen molar-refractivity contribution >= 4 is 11.3 Å². The Morgan fingerprint density at radius 1 is 1.41 bits per heavy atom. The average Bonchev–Trinajstić information content (AvgIpc) is 2.77. The summed E-state index contributed by atoms with van der Waals surface area (Å²) in [5.74, 6) is 0.977. The van der Waals surface area contributed by atoms with Gasteiger partial charge in [-0.05, 0) is 45.4 Å². The first kappa shape index (κ1) is 13.0. The minimum Gasteiger partial charge on any atom is -0.305 e. The average molecular weight is 252 g/mol. The summed E-state index contributed by atoms with van der Waals surface area (Å²) in [7, 11) is 0. The minimum atomic E-state index is 0.414. The molecule has 2 nitrogen and oxygen atoms in total. The van der Waals surface area contributed by atoms with Gasteiger partial charge in [-0.1, -0.05) is 13.3 Å². The molecule has 0 bridgehead atoms. The number of aromatic nitrogens is 1. The fraction of sp³-hybridized carbons (Fsp3) is 0.786. The predicted octanol–water partition coefficient (Wildman–Crippen LogP) is 4.07. The first-order chi connectivity index (χ1) is 8.19. The van der Waals surface area contributed by atoms with Crippen LogP contribution in [0.1, 0.15) is 61.9 Å². The van der Waals surface area contributed by atoms with Crippen LogP contribution in [0.2, 0.25) is 0 Å². The molecule has 1 aromatic heterocycles. The first-order valence-electron chi connectivity index (χ1n) is 6.87. The standard InChI is InChI=1S/C14H24N2S/c1-4-12-5-7-13(8-6-12)16-11(3)14-15-9-10(2)17-14/h9,11-13,16H,4-8H2,1-3H3. The van der Waals surface area contributed by atoms with Crippen LogP contribution in [0.25, 0.3) is 0 Å². The fourth-order valence-electron chi connectivity index (χ4n) is 2.73. The van der Waals surface area contributed by atoms with E-state index in [1.54, 1.807) is 0 Å². The summed E-state index contributed by atoms with van der Waals surface area (Å²) < 4.78 is 0. The van der Waals surface area contributed by atoms with E-state index in [-0.39, 0.29) is 0 Å². The van der Waals surface area contributed by atoms with Gasteiger partial charge in [0, 0.05) is 17.1 Å². The molecule has 2 rings (SSSR count). The van der Waals surface area contributed by atoms with E-state index in [4.69, 9.17) is 0 Å². The highest BCUT2D eigenvalue weighted by atomic mass is 32.1. The second-order valence-corrected chi connectivity index (χ2v) is 6.59. The van der Waals surface area contributed by atoms with Crippen LogP contribution >= 0.6 is 11.3 Å². The molecule has 1 aliphatic carbocycles. The van der Waals surface area contributed by atoms with E-state index in [1.807, 2.05) is 17.5 Å². The van der Waals surface area contributed by atoms with Gasteiger partial charge >= 0.3 is 0 Å². The number of rotatable bonds is 4. The van der Waals surface area contributed by atoms with Gasteiger partial charge in [-0.25, -0.2) is 4.98 Å². The largest absolute Gasteiger partial charge is 0.305 e. The molecule has 1 N–H and O–H groups in total. The highest BCUT2D eigenvalue weighted by Crippen LogP contribution is 2.28. The third kappa shape index (κ3) is 3.52. The van der Waals surface area contributed by atoms with E-state index in [0.29, 0.717) is 12.1 Å². The lowest BCUT2D eigenvalue weighted by Crippen LogP contribution is -2.34. The zero-order chi connectivity index (χ0) is 12.3. The van der Waals surface area contributed by atoms with Crippen LogP contribution in [0.4, 0.5) is 0 Å². The Morgan fingerprint density at radius 2 is 2.12 bits per heavy atom. The molecule has 0 aliphatic heterocycles. The van der Waals surface area contributed by atoms with Crippen molar-refractivity contribution < 1.29 is 0 Å². The highest BCUT2D eigenvalue weighted by molar-refractivity contribution is 7.11. The van der Waals surface area contributed by atoms with E-state index in [2.05, 4.69) is 31.1 Å². The molecule has 1 unspecified atom stereocenters. The number of thiazole rings is 1. The van der Waals surface area contributed by atoms with E-state index >= 15 is 0 Å². The molecule has 17 heavy (non-hydrogen) atoms. The molecule has 1 fully saturated rings. The molecular weight excluding hydrogens is 228 g/mol. The van der Waals surface area contributed by atoms with Gasteiger partial charge in [0.2, 0.25) is 0 Å². The third-order valence-electron chi connectivity index (χ3n) is 3.92. The first-order valence-corrected chi connectivity index (χ1v) is 7.69. The Balaban J connectivity index is 1.81. The molecule has 1 saturated carbocycles. The van der Waals surface area contributed by atoms with Crippen LogP contribution < -0.4 is 5.32 Å². The maximum absolute atomic E-state index is 4.47. The molecule has 0 aromatic carbocycles. The van der Waals surface area contributed by atoms with Crippen molar-refractivity contribution in [2.45, 2.75) is 65.0 Å². The summed E-state index contributed by atoms with van der Waals surface area (Å²) in [4.78, 5) is 5.78. The molecule has 0 saturated heterocycles. The quantitative estimate of drug-likeness (QED) is 0.873. The van der Waals surface area contributed by atoms with E-state index < -0.39 is 0 Å². The fourth-order valence-corrected chi connectivity index (χ4v) is 3.52. The predicted molar refractivity (Wildman–Crippen MR) is 74.4 cm³/mol. The summed E-state index contributed by atoms with van der Waals surface area (Å²) in [5, 5.41) is 4.98. The van der Waals surface area contributed by atoms with Crippen LogP contribution in [0.5, 0.6) is 0 Å². The number of hydrogen-bond acceptors (Lipinski definition) is 3. The Bertz CT molecular complexity index is 340. The maximum Gasteiger partial charge on any atom is 0.109 e. The number of nitrogens with one attached hydrogen (secondary N) is 1. The third-order valence-corrected chi connectivity index (χ3v) is 5.01. The second kappa shape index (κ2) is 5.96. The number of aryl methyl sites for hydroxylation is 1. The SMILES string of the molecule is CCC1CCC(NC(C)c2ncc(C)s2)CC1. The van der Waals surface area contributed by atoms with Crippen molar-refractivity contribution in [3.63, 3.8) is 0 Å². The molecule has 0 radical (unpaired) electrons. The molecule has 1 aromatic rings. The van der Waals surface area contributed by atoms with Crippen LogP contribution in [0, 0.1) is 12.8 Å². The smallest absolute Gasteiger partial charge is 0.109 e. The van der Waals surface area contributed by atoms with Gasteiger partial charge in [-0.15, -0.1) is 11.3 Å². The van der Waals surface area contributed by atoms with Crippen molar-refractivity contribution in [2.75, 3.05) is 0 Å². The Morgan fingerprint density at radius 3 is 2.65 bits per heavy atom. The van der Waals surface area contributed by atoms with Gasteiger partial charge in [-0.2, -0.15) is 0 Å². The van der Waals surface area contributed by atoms with Crippen LogP contribution in [0.3, 0.4) is 0 Å². The summed E-state index contributed by atoms with van der Waals surface area (Å²) in [5.41, 5.74) is 0. The van der Waals surface area contributed by atoms with Crippen molar-refractivity contribution in [3.8, 4) is 0 Å². The van der Waals surface area contributed by atoms with Gasteiger partial charge in [0.05, 0.1) is 6.04 Å². The minimum absolute atomic E-state index is 0.414. The second-order valence-electron chi connectivity index (χ2n) is 5.32. The molecular formula is C14H24N2S. The van der Waals surface area contributed by atoms with E-state index in [9.17, 15) is 0 Å². The summed E-state index contributed by atoms with van der Waals surface area (Å²) in [6, 6.07) is 1.12. The van der Waals surface area contributed by atoms with Gasteiger partial charge in [0.15, 0.2) is 0 Å². The van der Waals surface area contributed by atoms with Crippen molar-refractivity contribution in [1.82, 2.24) is 10.3 Å². The van der Waals surface area contributed by atoms with Crippen molar-refractivity contribution in [1.29, 1.82) is 0 Å². The monoisotopic (exact) mass is 252 g/mol. The van der Waals surface area contributed by atoms with Crippen molar-refractivity contribution in [2.24, 2.45) is 5.92 Å². The maximum atomic E-state index is 4.47. The topological polar surface area (TPSA) is 24.9 Å². The lowest BCUT2D eigenvalue weighted by Gasteiger charge is -2.30. The molecule has 0 amide bonds. The molecule has 1 aliphatic rings. The number of nitrogens with zero attached hydrogens (tertiary/aromatic N) is 1. The van der Waals surface area contributed by atoms with Crippen LogP contribution in [-0.2, 0) is 0 Å². The number of hydrogen-bond donors (Lipinski definition) is 1. The lowest BCUT2D eigenvalue weighted by molar-refractivity contribution is 0.273. The molecule has 96 valence electrons. The molecule has 0 spiro atoms. The van der Waals surface area contributed by atoms with Crippen LogP contribution in [-0.4, -0.2) is 11.0 Å². The lowest BCUT2D eigenvalue weighted by atomic mass is 9.84. The zero-order valence-corrected chi connectivity index (χ0v) is 12.0. The Labute approximate surface area is 109 Å². The van der Waals surface area contributed by atoms with Gasteiger partial charge in [0.25, 0.3) is 0 Å². The highest BCUT2D eigenvalue weighted by Gasteiger charge is 2.22. The molecule has 1 atom stereocenters. The normalized spacial score (nSPS) is 27.0. The summed E-state index contributed by atoms with van der Waals surface area (Å²) in [6.45, 7) is 6.68. The molecule has 3 heteroatoms. The Kier molecular flexibility index (Phi) is 4.57. The zero-order valence-electron chi connectivity index (χ0n) is 11.2. The summed E-state index contributed by atoms with van der Waals surface area (Å²) >= 11 is 1.82. The van der Waals surface area contributed by atoms with Gasteiger partial charge in [0.1, 0.15) is 5.01 Å². The van der Waals surface area contributed by atoms with Crippen LogP contribution in [0.15, 0.2) is 6.20 Å². The molecule has 1 heterocycles.